The summed E-state index contributed by atoms with van der Waals surface area (Å²) in [5, 5.41) is 23.8. The average molecular weight is 480 g/mol. The molecule has 1 amide bonds. The first-order valence-corrected chi connectivity index (χ1v) is 11.8. The van der Waals surface area contributed by atoms with E-state index in [9.17, 15) is 34.3 Å². The molecule has 33 heavy (non-hydrogen) atoms. The Morgan fingerprint density at radius 2 is 1.88 bits per heavy atom. The number of esters is 1. The van der Waals surface area contributed by atoms with Crippen LogP contribution in [-0.2, 0) is 25.4 Å². The number of ether oxygens (including phenoxy) is 2. The Balaban J connectivity index is 2.04. The van der Waals surface area contributed by atoms with Gasteiger partial charge in [-0.15, -0.1) is 0 Å². The number of rotatable bonds is 10. The Bertz CT molecular complexity index is 1050. The molecule has 178 valence electrons. The van der Waals surface area contributed by atoms with Gasteiger partial charge >= 0.3 is 12.1 Å². The van der Waals surface area contributed by atoms with Crippen LogP contribution in [0.5, 0.6) is 0 Å². The lowest BCUT2D eigenvalue weighted by Gasteiger charge is -2.21. The maximum absolute atomic E-state index is 12.7. The van der Waals surface area contributed by atoms with Gasteiger partial charge in [-0.3, -0.25) is 14.7 Å². The van der Waals surface area contributed by atoms with Gasteiger partial charge in [0.15, 0.2) is 5.85 Å². The monoisotopic (exact) mass is 480 g/mol. The van der Waals surface area contributed by atoms with E-state index in [1.807, 2.05) is 0 Å². The summed E-state index contributed by atoms with van der Waals surface area (Å²) in [6, 6.07) is 11.2. The Labute approximate surface area is 189 Å². The van der Waals surface area contributed by atoms with E-state index in [0.29, 0.717) is 5.56 Å². The normalized spacial score (nSPS) is 14.4. The van der Waals surface area contributed by atoms with Crippen LogP contribution in [0.25, 0.3) is 0 Å². The van der Waals surface area contributed by atoms with Crippen LogP contribution in [0.2, 0.25) is 0 Å². The van der Waals surface area contributed by atoms with E-state index in [2.05, 4.69) is 10.1 Å². The van der Waals surface area contributed by atoms with E-state index < -0.39 is 42.4 Å². The molecule has 0 aliphatic rings. The van der Waals surface area contributed by atoms with E-state index >= 15 is 0 Å². The molecule has 11 nitrogen and oxygen atoms in total. The van der Waals surface area contributed by atoms with Gasteiger partial charge in [-0.05, 0) is 24.5 Å². The molecule has 3 atom stereocenters. The van der Waals surface area contributed by atoms with E-state index in [-0.39, 0.29) is 24.3 Å². The Morgan fingerprint density at radius 3 is 2.48 bits per heavy atom. The van der Waals surface area contributed by atoms with Crippen LogP contribution in [0.1, 0.15) is 29.0 Å². The molecule has 0 radical (unpaired) electrons. The molecule has 0 spiro atoms. The summed E-state index contributed by atoms with van der Waals surface area (Å²) in [6.07, 6.45) is -1.85. The third kappa shape index (κ3) is 7.38. The lowest BCUT2D eigenvalue weighted by Crippen LogP contribution is -2.42. The molecule has 0 saturated carbocycles. The first-order chi connectivity index (χ1) is 15.5. The van der Waals surface area contributed by atoms with Crippen molar-refractivity contribution < 1.29 is 38.6 Å². The van der Waals surface area contributed by atoms with Gasteiger partial charge in [-0.2, -0.15) is 0 Å². The van der Waals surface area contributed by atoms with Crippen molar-refractivity contribution in [3.63, 3.8) is 0 Å². The summed E-state index contributed by atoms with van der Waals surface area (Å²) in [6.45, 7) is 1.44. The first-order valence-electron chi connectivity index (χ1n) is 9.84. The number of alkyl carbamates (subject to hydrolysis) is 1. The van der Waals surface area contributed by atoms with Gasteiger partial charge in [0, 0.05) is 17.8 Å². The molecule has 0 aliphatic carbocycles. The van der Waals surface area contributed by atoms with Crippen molar-refractivity contribution in [1.29, 1.82) is 0 Å². The number of carbonyl (C=O) groups excluding carboxylic acids is 2. The van der Waals surface area contributed by atoms with E-state index in [1.54, 1.807) is 30.3 Å². The fraction of sp³-hybridized carbons (Fsp3) is 0.333. The van der Waals surface area contributed by atoms with Crippen LogP contribution in [0, 0.1) is 17.0 Å². The fourth-order valence-electron chi connectivity index (χ4n) is 2.95. The highest BCUT2D eigenvalue weighted by Gasteiger charge is 2.34. The van der Waals surface area contributed by atoms with Crippen LogP contribution in [0.15, 0.2) is 48.5 Å². The summed E-state index contributed by atoms with van der Waals surface area (Å²) in [4.78, 5) is 44.9. The molecule has 3 N–H and O–H groups in total. The van der Waals surface area contributed by atoms with Crippen LogP contribution < -0.4 is 5.32 Å². The average Bonchev–Trinajstić information content (AvgIpc) is 2.80. The number of aliphatic hydroxyl groups is 1. The standard InChI is InChI=1S/C21H25N2O9P/c1-14-8-9-16(12-18(14)23(27)28)20(25)33(29,30)11-10-17(19(24)31-2)22-21(26)32-13-15-6-4-3-5-7-15/h3-9,12,17,20,25H,10-11,13H2,1-2H3,(H,22,26)(H,29,30)/t17-,20?/m0/s1. The number of nitro benzene ring substituents is 1. The maximum atomic E-state index is 12.7. The number of aliphatic hydroxyl groups excluding tert-OH is 1. The maximum Gasteiger partial charge on any atom is 0.408 e. The first kappa shape index (κ1) is 26.0. The minimum absolute atomic E-state index is 0.0516. The molecule has 0 aromatic heterocycles. The lowest BCUT2D eigenvalue weighted by atomic mass is 10.1. The second-order valence-electron chi connectivity index (χ2n) is 7.23. The van der Waals surface area contributed by atoms with Gasteiger partial charge in [-0.25, -0.2) is 9.59 Å². The summed E-state index contributed by atoms with van der Waals surface area (Å²) in [5.74, 6) is -2.78. The van der Waals surface area contributed by atoms with E-state index in [0.717, 1.165) is 18.7 Å². The van der Waals surface area contributed by atoms with Gasteiger partial charge in [-0.1, -0.05) is 42.5 Å². The third-order valence-electron chi connectivity index (χ3n) is 4.84. The van der Waals surface area contributed by atoms with Gasteiger partial charge in [0.25, 0.3) is 5.69 Å². The Morgan fingerprint density at radius 1 is 1.21 bits per heavy atom. The number of amides is 1. The number of benzene rings is 2. The molecular weight excluding hydrogens is 455 g/mol. The highest BCUT2D eigenvalue weighted by molar-refractivity contribution is 7.58. The topological polar surface area (TPSA) is 165 Å². The van der Waals surface area contributed by atoms with Crippen molar-refractivity contribution in [2.45, 2.75) is 31.8 Å². The van der Waals surface area contributed by atoms with E-state index in [1.165, 1.54) is 19.1 Å². The molecule has 2 aromatic rings. The van der Waals surface area contributed by atoms with Crippen LogP contribution in [0.3, 0.4) is 0 Å². The molecule has 0 saturated heterocycles. The molecule has 12 heteroatoms. The summed E-state index contributed by atoms with van der Waals surface area (Å²) in [5.41, 5.74) is 0.634. The third-order valence-corrected chi connectivity index (χ3v) is 6.80. The zero-order valence-corrected chi connectivity index (χ0v) is 18.9. The van der Waals surface area contributed by atoms with Gasteiger partial charge in [0.05, 0.1) is 12.0 Å². The lowest BCUT2D eigenvalue weighted by molar-refractivity contribution is -0.385. The van der Waals surface area contributed by atoms with Crippen LogP contribution >= 0.6 is 7.37 Å². The van der Waals surface area contributed by atoms with Crippen molar-refractivity contribution in [2.24, 2.45) is 0 Å². The number of nitrogens with zero attached hydrogens (tertiary/aromatic N) is 1. The van der Waals surface area contributed by atoms with Crippen molar-refractivity contribution in [1.82, 2.24) is 5.32 Å². The zero-order valence-electron chi connectivity index (χ0n) is 18.0. The smallest absolute Gasteiger partial charge is 0.408 e. The number of methoxy groups -OCH3 is 1. The second-order valence-corrected chi connectivity index (χ2v) is 9.67. The van der Waals surface area contributed by atoms with Crippen molar-refractivity contribution in [3.8, 4) is 0 Å². The van der Waals surface area contributed by atoms with Gasteiger partial charge < -0.3 is 24.8 Å². The molecule has 0 fully saturated rings. The van der Waals surface area contributed by atoms with Gasteiger partial charge in [0.1, 0.15) is 12.6 Å². The predicted octanol–water partition coefficient (Wildman–Crippen LogP) is 3.02. The minimum Gasteiger partial charge on any atom is -0.467 e. The highest BCUT2D eigenvalue weighted by atomic mass is 31.2. The molecule has 0 bridgehead atoms. The Hall–Kier alpha value is -3.27. The number of nitro groups is 1. The molecule has 2 rings (SSSR count). The van der Waals surface area contributed by atoms with Crippen molar-refractivity contribution >= 4 is 25.1 Å². The van der Waals surface area contributed by atoms with Crippen molar-refractivity contribution in [2.75, 3.05) is 13.3 Å². The molecule has 0 heterocycles. The number of carbonyl (C=O) groups is 2. The van der Waals surface area contributed by atoms with Crippen LogP contribution in [-0.4, -0.2) is 46.3 Å². The predicted molar refractivity (Wildman–Crippen MR) is 118 cm³/mol. The largest absolute Gasteiger partial charge is 0.467 e. The summed E-state index contributed by atoms with van der Waals surface area (Å²) >= 11 is 0. The number of nitrogens with one attached hydrogen (secondary N) is 1. The van der Waals surface area contributed by atoms with Crippen LogP contribution in [0.4, 0.5) is 10.5 Å². The molecule has 0 aliphatic heterocycles. The minimum atomic E-state index is -4.35. The van der Waals surface area contributed by atoms with Gasteiger partial charge in [0.2, 0.25) is 7.37 Å². The molecule has 2 aromatic carbocycles. The molecule has 2 unspecified atom stereocenters. The fourth-order valence-corrected chi connectivity index (χ4v) is 4.45. The second kappa shape index (κ2) is 11.6. The van der Waals surface area contributed by atoms with E-state index in [4.69, 9.17) is 4.74 Å². The number of hydrogen-bond acceptors (Lipinski definition) is 8. The quantitative estimate of drug-likeness (QED) is 0.200. The number of hydrogen-bond donors (Lipinski definition) is 3. The summed E-state index contributed by atoms with van der Waals surface area (Å²) < 4.78 is 22.4. The Kier molecular flexibility index (Phi) is 9.10. The molecular formula is C21H25N2O9P. The highest BCUT2D eigenvalue weighted by Crippen LogP contribution is 2.54. The zero-order chi connectivity index (χ0) is 24.6. The number of aryl methyl sites for hydroxylation is 1. The SMILES string of the molecule is COC(=O)[C@H](CCP(=O)(O)C(O)c1ccc(C)c([N+](=O)[O-])c1)NC(=O)OCc1ccccc1. The van der Waals surface area contributed by atoms with Crippen molar-refractivity contribution in [3.05, 3.63) is 75.3 Å². The summed E-state index contributed by atoms with van der Waals surface area (Å²) in [7, 11) is -3.26.